The van der Waals surface area contributed by atoms with Crippen LogP contribution in [-0.2, 0) is 9.47 Å². The first-order chi connectivity index (χ1) is 13.7. The zero-order chi connectivity index (χ0) is 20.2. The molecule has 0 fully saturated rings. The molecule has 1 atom stereocenters. The summed E-state index contributed by atoms with van der Waals surface area (Å²) >= 11 is 0. The maximum absolute atomic E-state index is 12.5. The van der Waals surface area contributed by atoms with E-state index in [9.17, 15) is 9.59 Å². The smallest absolute Gasteiger partial charge is 0.338 e. The molecule has 0 heterocycles. The van der Waals surface area contributed by atoms with Gasteiger partial charge in [0.15, 0.2) is 0 Å². The topological polar surface area (TPSA) is 52.6 Å². The second-order valence-corrected chi connectivity index (χ2v) is 6.84. The van der Waals surface area contributed by atoms with Gasteiger partial charge in [-0.2, -0.15) is 0 Å². The van der Waals surface area contributed by atoms with E-state index >= 15 is 0 Å². The maximum atomic E-state index is 12.5. The molecule has 2 rings (SSSR count). The highest BCUT2D eigenvalue weighted by molar-refractivity contribution is 5.95. The molecule has 150 valence electrons. The second-order valence-electron chi connectivity index (χ2n) is 6.84. The van der Waals surface area contributed by atoms with Crippen LogP contribution in [0.4, 0.5) is 0 Å². The molecule has 28 heavy (non-hydrogen) atoms. The molecule has 0 aromatic heterocycles. The zero-order valence-electron chi connectivity index (χ0n) is 16.9. The van der Waals surface area contributed by atoms with Crippen LogP contribution in [0.1, 0.15) is 84.8 Å². The van der Waals surface area contributed by atoms with Gasteiger partial charge in [0.25, 0.3) is 0 Å². The Morgan fingerprint density at radius 3 is 2.18 bits per heavy atom. The van der Waals surface area contributed by atoms with Gasteiger partial charge in [-0.1, -0.05) is 75.9 Å². The predicted molar refractivity (Wildman–Crippen MR) is 110 cm³/mol. The van der Waals surface area contributed by atoms with Crippen molar-refractivity contribution in [3.8, 4) is 0 Å². The minimum atomic E-state index is -0.440. The molecule has 0 aliphatic rings. The predicted octanol–water partition coefficient (Wildman–Crippen LogP) is 6.12. The van der Waals surface area contributed by atoms with Gasteiger partial charge in [0, 0.05) is 0 Å². The van der Waals surface area contributed by atoms with E-state index in [0.717, 1.165) is 24.8 Å². The van der Waals surface area contributed by atoms with Crippen LogP contribution in [0.25, 0.3) is 0 Å². The highest BCUT2D eigenvalue weighted by Gasteiger charge is 2.18. The van der Waals surface area contributed by atoms with Crippen molar-refractivity contribution < 1.29 is 19.1 Å². The Hall–Kier alpha value is -2.62. The van der Waals surface area contributed by atoms with E-state index in [1.54, 1.807) is 24.3 Å². The summed E-state index contributed by atoms with van der Waals surface area (Å²) in [6.07, 6.45) is 5.84. The van der Waals surface area contributed by atoms with Gasteiger partial charge in [0.2, 0.25) is 0 Å². The summed E-state index contributed by atoms with van der Waals surface area (Å²) in [5.41, 5.74) is 1.68. The van der Waals surface area contributed by atoms with Crippen LogP contribution in [-0.4, -0.2) is 18.5 Å². The van der Waals surface area contributed by atoms with Gasteiger partial charge in [0.1, 0.15) is 6.10 Å². The normalized spacial score (nSPS) is 11.6. The standard InChI is InChI=1S/C24H30O4/c1-3-5-6-7-11-17-27-23(25)20-15-12-16-21(18-20)24(26)28-22(4-2)19-13-9-8-10-14-19/h8-10,12-16,18,22H,3-7,11,17H2,1-2H3. The fourth-order valence-electron chi connectivity index (χ4n) is 2.98. The minimum Gasteiger partial charge on any atom is -0.462 e. The van der Waals surface area contributed by atoms with E-state index in [1.807, 2.05) is 37.3 Å². The first-order valence-electron chi connectivity index (χ1n) is 10.2. The monoisotopic (exact) mass is 382 g/mol. The fraction of sp³-hybridized carbons (Fsp3) is 0.417. The zero-order valence-corrected chi connectivity index (χ0v) is 16.9. The Morgan fingerprint density at radius 2 is 1.50 bits per heavy atom. The number of esters is 2. The summed E-state index contributed by atoms with van der Waals surface area (Å²) in [7, 11) is 0. The number of carbonyl (C=O) groups excluding carboxylic acids is 2. The summed E-state index contributed by atoms with van der Waals surface area (Å²) in [5.74, 6) is -0.842. The summed E-state index contributed by atoms with van der Waals surface area (Å²) in [6.45, 7) is 4.54. The number of hydrogen-bond donors (Lipinski definition) is 0. The third-order valence-corrected chi connectivity index (χ3v) is 4.61. The van der Waals surface area contributed by atoms with Crippen molar-refractivity contribution >= 4 is 11.9 Å². The SMILES string of the molecule is CCCCCCCOC(=O)c1cccc(C(=O)OC(CC)c2ccccc2)c1. The lowest BCUT2D eigenvalue weighted by Crippen LogP contribution is -2.13. The van der Waals surface area contributed by atoms with Crippen LogP contribution in [0.3, 0.4) is 0 Å². The van der Waals surface area contributed by atoms with Crippen molar-refractivity contribution in [2.75, 3.05) is 6.61 Å². The first-order valence-corrected chi connectivity index (χ1v) is 10.2. The van der Waals surface area contributed by atoms with Crippen LogP contribution < -0.4 is 0 Å². The first kappa shape index (κ1) is 21.7. The van der Waals surface area contributed by atoms with Gasteiger partial charge >= 0.3 is 11.9 Å². The minimum absolute atomic E-state index is 0.313. The van der Waals surface area contributed by atoms with Crippen molar-refractivity contribution in [3.63, 3.8) is 0 Å². The van der Waals surface area contributed by atoms with Crippen molar-refractivity contribution in [3.05, 3.63) is 71.3 Å². The van der Waals surface area contributed by atoms with Crippen molar-refractivity contribution in [2.45, 2.75) is 58.5 Å². The van der Waals surface area contributed by atoms with E-state index in [4.69, 9.17) is 9.47 Å². The molecule has 0 amide bonds. The Bertz CT molecular complexity index is 739. The molecule has 0 saturated carbocycles. The van der Waals surface area contributed by atoms with Crippen LogP contribution in [0.15, 0.2) is 54.6 Å². The highest BCUT2D eigenvalue weighted by atomic mass is 16.5. The van der Waals surface area contributed by atoms with E-state index < -0.39 is 11.9 Å². The molecule has 4 nitrogen and oxygen atoms in total. The molecule has 0 N–H and O–H groups in total. The van der Waals surface area contributed by atoms with E-state index in [2.05, 4.69) is 6.92 Å². The summed E-state index contributed by atoms with van der Waals surface area (Å²) in [5, 5.41) is 0. The largest absolute Gasteiger partial charge is 0.462 e. The van der Waals surface area contributed by atoms with E-state index in [-0.39, 0.29) is 6.10 Å². The van der Waals surface area contributed by atoms with Gasteiger partial charge in [-0.05, 0) is 36.6 Å². The number of hydrogen-bond acceptors (Lipinski definition) is 4. The van der Waals surface area contributed by atoms with Crippen molar-refractivity contribution in [1.29, 1.82) is 0 Å². The number of carbonyl (C=O) groups is 2. The van der Waals surface area contributed by atoms with E-state index in [1.165, 1.54) is 12.8 Å². The molecular weight excluding hydrogens is 352 g/mol. The lowest BCUT2D eigenvalue weighted by Gasteiger charge is -2.16. The molecule has 0 saturated heterocycles. The quantitative estimate of drug-likeness (QED) is 0.347. The molecule has 0 aliphatic carbocycles. The van der Waals surface area contributed by atoms with Gasteiger partial charge in [-0.25, -0.2) is 9.59 Å². The Labute approximate surface area is 167 Å². The highest BCUT2D eigenvalue weighted by Crippen LogP contribution is 2.22. The molecule has 4 heteroatoms. The van der Waals surface area contributed by atoms with Gasteiger partial charge in [-0.3, -0.25) is 0 Å². The Morgan fingerprint density at radius 1 is 0.821 bits per heavy atom. The molecule has 0 aliphatic heterocycles. The van der Waals surface area contributed by atoms with E-state index in [0.29, 0.717) is 24.2 Å². The molecule has 1 unspecified atom stereocenters. The van der Waals surface area contributed by atoms with Gasteiger partial charge in [0.05, 0.1) is 17.7 Å². The molecule has 2 aromatic rings. The lowest BCUT2D eigenvalue weighted by atomic mass is 10.1. The Balaban J connectivity index is 1.92. The van der Waals surface area contributed by atoms with Gasteiger partial charge < -0.3 is 9.47 Å². The third kappa shape index (κ3) is 6.84. The van der Waals surface area contributed by atoms with Crippen LogP contribution in [0, 0.1) is 0 Å². The number of unbranched alkanes of at least 4 members (excludes halogenated alkanes) is 4. The number of rotatable bonds is 11. The number of ether oxygens (including phenoxy) is 2. The third-order valence-electron chi connectivity index (χ3n) is 4.61. The van der Waals surface area contributed by atoms with Crippen LogP contribution in [0.5, 0.6) is 0 Å². The van der Waals surface area contributed by atoms with Crippen LogP contribution in [0.2, 0.25) is 0 Å². The molecule has 0 radical (unpaired) electrons. The maximum Gasteiger partial charge on any atom is 0.338 e. The summed E-state index contributed by atoms with van der Waals surface area (Å²) in [6, 6.07) is 16.2. The van der Waals surface area contributed by atoms with Gasteiger partial charge in [-0.15, -0.1) is 0 Å². The second kappa shape index (κ2) is 12.0. The molecule has 0 bridgehead atoms. The fourth-order valence-corrected chi connectivity index (χ4v) is 2.98. The van der Waals surface area contributed by atoms with Crippen molar-refractivity contribution in [2.24, 2.45) is 0 Å². The number of benzene rings is 2. The lowest BCUT2D eigenvalue weighted by molar-refractivity contribution is 0.0288. The summed E-state index contributed by atoms with van der Waals surface area (Å²) in [4.78, 5) is 24.8. The summed E-state index contributed by atoms with van der Waals surface area (Å²) < 4.78 is 11.0. The average Bonchev–Trinajstić information content (AvgIpc) is 2.74. The molecule has 2 aromatic carbocycles. The van der Waals surface area contributed by atoms with Crippen LogP contribution >= 0.6 is 0 Å². The molecular formula is C24H30O4. The average molecular weight is 383 g/mol. The molecule has 0 spiro atoms. The Kier molecular flexibility index (Phi) is 9.26. The van der Waals surface area contributed by atoms with Crippen molar-refractivity contribution in [1.82, 2.24) is 0 Å².